The van der Waals surface area contributed by atoms with Crippen LogP contribution in [0.25, 0.3) is 0 Å². The summed E-state index contributed by atoms with van der Waals surface area (Å²) in [6.07, 6.45) is 0. The first-order chi connectivity index (χ1) is 5.73. The van der Waals surface area contributed by atoms with Crippen LogP contribution < -0.4 is 0 Å². The minimum Gasteiger partial charge on any atom is -0.392 e. The van der Waals surface area contributed by atoms with Gasteiger partial charge in [-0.2, -0.15) is 0 Å². The molecule has 13 heavy (non-hydrogen) atoms. The van der Waals surface area contributed by atoms with E-state index in [0.29, 0.717) is 0 Å². The largest absolute Gasteiger partial charge is 0.392 e. The highest BCUT2D eigenvalue weighted by atomic mass is 16.6. The molecule has 0 amide bonds. The third kappa shape index (κ3) is 5.36. The van der Waals surface area contributed by atoms with Gasteiger partial charge in [0.1, 0.15) is 0 Å². The van der Waals surface area contributed by atoms with E-state index in [1.54, 1.807) is 39.8 Å². The Morgan fingerprint density at radius 2 is 1.69 bits per heavy atom. The predicted octanol–water partition coefficient (Wildman–Crippen LogP) is 0.664. The Morgan fingerprint density at radius 1 is 1.23 bits per heavy atom. The first kappa shape index (κ1) is 12.1. The lowest BCUT2D eigenvalue weighted by atomic mass is 9.97. The van der Waals surface area contributed by atoms with Crippen molar-refractivity contribution in [2.75, 3.05) is 20.6 Å². The summed E-state index contributed by atoms with van der Waals surface area (Å²) in [4.78, 5) is 23.9. The summed E-state index contributed by atoms with van der Waals surface area (Å²) in [5, 5.41) is 0. The van der Waals surface area contributed by atoms with Gasteiger partial charge in [-0.3, -0.25) is 14.5 Å². The van der Waals surface area contributed by atoms with Gasteiger partial charge in [0, 0.05) is 0 Å². The molecule has 0 fully saturated rings. The van der Waals surface area contributed by atoms with Crippen molar-refractivity contribution in [3.05, 3.63) is 0 Å². The van der Waals surface area contributed by atoms with Crippen LogP contribution in [0.1, 0.15) is 20.8 Å². The van der Waals surface area contributed by atoms with Gasteiger partial charge in [0.15, 0.2) is 0 Å². The summed E-state index contributed by atoms with van der Waals surface area (Å²) >= 11 is 0. The Bertz CT molecular complexity index is 203. The summed E-state index contributed by atoms with van der Waals surface area (Å²) in [5.74, 6) is -0.996. The molecule has 0 saturated carbocycles. The molecule has 0 aliphatic rings. The Kier molecular flexibility index (Phi) is 4.07. The van der Waals surface area contributed by atoms with Crippen LogP contribution in [0.2, 0.25) is 0 Å². The van der Waals surface area contributed by atoms with E-state index in [0.717, 1.165) is 0 Å². The van der Waals surface area contributed by atoms with E-state index in [1.165, 1.54) is 0 Å². The van der Waals surface area contributed by atoms with Gasteiger partial charge in [-0.1, -0.05) is 0 Å². The van der Waals surface area contributed by atoms with E-state index in [1.807, 2.05) is 0 Å². The monoisotopic (exact) mass is 187 g/mol. The number of nitrogens with zero attached hydrogens (tertiary/aromatic N) is 1. The fourth-order valence-corrected chi connectivity index (χ4v) is 0.547. The van der Waals surface area contributed by atoms with E-state index < -0.39 is 17.4 Å². The molecule has 0 radical (unpaired) electrons. The quantitative estimate of drug-likeness (QED) is 0.470. The van der Waals surface area contributed by atoms with Crippen LogP contribution in [0.4, 0.5) is 0 Å². The zero-order chi connectivity index (χ0) is 10.6. The van der Waals surface area contributed by atoms with Gasteiger partial charge in [0.25, 0.3) is 0 Å². The fraction of sp³-hybridized carbons (Fsp3) is 0.778. The van der Waals surface area contributed by atoms with E-state index >= 15 is 0 Å². The van der Waals surface area contributed by atoms with Gasteiger partial charge >= 0.3 is 11.9 Å². The first-order valence-electron chi connectivity index (χ1n) is 4.13. The van der Waals surface area contributed by atoms with Crippen molar-refractivity contribution in [2.45, 2.75) is 20.8 Å². The molecule has 0 aromatic heterocycles. The number of likely N-dealkylation sites (N-methyl/N-ethyl adjacent to an activating group) is 1. The molecule has 0 saturated heterocycles. The number of carbonyl (C=O) groups is 2. The van der Waals surface area contributed by atoms with Crippen molar-refractivity contribution in [3.8, 4) is 0 Å². The van der Waals surface area contributed by atoms with Gasteiger partial charge in [-0.15, -0.1) is 0 Å². The molecule has 76 valence electrons. The fourth-order valence-electron chi connectivity index (χ4n) is 0.547. The molecule has 0 unspecified atom stereocenters. The maximum atomic E-state index is 11.2. The number of hydrogen-bond acceptors (Lipinski definition) is 4. The molecule has 0 heterocycles. The Hall–Kier alpha value is -0.900. The smallest absolute Gasteiger partial charge is 0.327 e. The number of rotatable bonds is 2. The van der Waals surface area contributed by atoms with E-state index in [4.69, 9.17) is 0 Å². The Morgan fingerprint density at radius 3 is 2.00 bits per heavy atom. The SMILES string of the molecule is CN(C)CC(=O)OC(=O)C(C)(C)C. The van der Waals surface area contributed by atoms with E-state index in [9.17, 15) is 9.59 Å². The van der Waals surface area contributed by atoms with Gasteiger partial charge in [-0.05, 0) is 34.9 Å². The third-order valence-corrected chi connectivity index (χ3v) is 1.26. The first-order valence-corrected chi connectivity index (χ1v) is 4.13. The second kappa shape index (κ2) is 4.37. The van der Waals surface area contributed by atoms with Crippen LogP contribution in [-0.2, 0) is 14.3 Å². The summed E-state index contributed by atoms with van der Waals surface area (Å²) in [6, 6.07) is 0. The minimum atomic E-state index is -0.623. The summed E-state index contributed by atoms with van der Waals surface area (Å²) < 4.78 is 4.61. The van der Waals surface area contributed by atoms with E-state index in [2.05, 4.69) is 4.74 Å². The van der Waals surface area contributed by atoms with Crippen LogP contribution in [0.15, 0.2) is 0 Å². The highest BCUT2D eigenvalue weighted by Crippen LogP contribution is 2.14. The normalized spacial score (nSPS) is 11.5. The average Bonchev–Trinajstić information content (AvgIpc) is 1.82. The van der Waals surface area contributed by atoms with Crippen LogP contribution >= 0.6 is 0 Å². The number of ether oxygens (including phenoxy) is 1. The van der Waals surface area contributed by atoms with E-state index in [-0.39, 0.29) is 6.54 Å². The lowest BCUT2D eigenvalue weighted by Gasteiger charge is -2.16. The molecular formula is C9H17NO3. The molecule has 0 N–H and O–H groups in total. The van der Waals surface area contributed by atoms with Crippen molar-refractivity contribution in [1.29, 1.82) is 0 Å². The molecule has 0 aromatic rings. The molecule has 0 spiro atoms. The molecule has 0 aliphatic carbocycles. The molecule has 4 nitrogen and oxygen atoms in total. The molecule has 0 bridgehead atoms. The number of hydrogen-bond donors (Lipinski definition) is 0. The standard InChI is InChI=1S/C9H17NO3/c1-9(2,3)8(12)13-7(11)6-10(4)5/h6H2,1-5H3. The molecule has 0 aromatic carbocycles. The predicted molar refractivity (Wildman–Crippen MR) is 49.1 cm³/mol. The van der Waals surface area contributed by atoms with Crippen LogP contribution in [0.3, 0.4) is 0 Å². The molecule has 4 heteroatoms. The second-order valence-corrected chi connectivity index (χ2v) is 4.25. The molecular weight excluding hydrogens is 170 g/mol. The summed E-state index contributed by atoms with van der Waals surface area (Å²) in [7, 11) is 3.48. The molecule has 0 atom stereocenters. The van der Waals surface area contributed by atoms with Gasteiger partial charge in [0.05, 0.1) is 12.0 Å². The van der Waals surface area contributed by atoms with Gasteiger partial charge < -0.3 is 4.74 Å². The lowest BCUT2D eigenvalue weighted by Crippen LogP contribution is -2.31. The van der Waals surface area contributed by atoms with Crippen molar-refractivity contribution < 1.29 is 14.3 Å². The van der Waals surface area contributed by atoms with Crippen molar-refractivity contribution >= 4 is 11.9 Å². The Labute approximate surface area is 78.9 Å². The third-order valence-electron chi connectivity index (χ3n) is 1.26. The Balaban J connectivity index is 4.01. The minimum absolute atomic E-state index is 0.127. The topological polar surface area (TPSA) is 46.6 Å². The van der Waals surface area contributed by atoms with Crippen molar-refractivity contribution in [2.24, 2.45) is 5.41 Å². The zero-order valence-corrected chi connectivity index (χ0v) is 8.88. The van der Waals surface area contributed by atoms with Crippen molar-refractivity contribution in [3.63, 3.8) is 0 Å². The maximum absolute atomic E-state index is 11.2. The van der Waals surface area contributed by atoms with Crippen LogP contribution in [0.5, 0.6) is 0 Å². The number of esters is 2. The van der Waals surface area contributed by atoms with Gasteiger partial charge in [-0.25, -0.2) is 0 Å². The van der Waals surface area contributed by atoms with Crippen molar-refractivity contribution in [1.82, 2.24) is 4.90 Å². The lowest BCUT2D eigenvalue weighted by molar-refractivity contribution is -0.165. The molecule has 0 aliphatic heterocycles. The highest BCUT2D eigenvalue weighted by Gasteiger charge is 2.25. The van der Waals surface area contributed by atoms with Crippen LogP contribution in [-0.4, -0.2) is 37.5 Å². The average molecular weight is 187 g/mol. The second-order valence-electron chi connectivity index (χ2n) is 4.25. The van der Waals surface area contributed by atoms with Gasteiger partial charge in [0.2, 0.25) is 0 Å². The summed E-state index contributed by atoms with van der Waals surface area (Å²) in [5.41, 5.74) is -0.623. The zero-order valence-electron chi connectivity index (χ0n) is 8.88. The number of carbonyl (C=O) groups excluding carboxylic acids is 2. The highest BCUT2D eigenvalue weighted by molar-refractivity contribution is 5.88. The maximum Gasteiger partial charge on any atom is 0.327 e. The van der Waals surface area contributed by atoms with Crippen LogP contribution in [0, 0.1) is 5.41 Å². The summed E-state index contributed by atoms with van der Waals surface area (Å²) in [6.45, 7) is 5.25. The molecule has 0 rings (SSSR count).